The standard InChI is InChI=1S/C16H16N6S2.Ni/c1-17-15(23)21-19-13-10-7-3-5-9-6-4-8-11(12(9)10)14(13)20-22-16(24)18-2;/h3-8H,1-2H3,(H2,17,21,23)(H2,18,22,24);/q;+2/p-2/b19-13-,20-14+;. The normalized spacial score (nSPS) is 17.0. The van der Waals surface area contributed by atoms with E-state index < -0.39 is 0 Å². The maximum atomic E-state index is 5.04. The van der Waals surface area contributed by atoms with Crippen LogP contribution in [0, 0.1) is 0 Å². The maximum Gasteiger partial charge on any atom is 2.00 e. The van der Waals surface area contributed by atoms with Gasteiger partial charge >= 0.3 is 16.5 Å². The maximum absolute atomic E-state index is 5.04. The van der Waals surface area contributed by atoms with Crippen LogP contribution in [0.2, 0.25) is 0 Å². The van der Waals surface area contributed by atoms with Crippen molar-refractivity contribution in [3.8, 4) is 0 Å². The number of aliphatic imine (C=N–C) groups is 2. The Kier molecular flexibility index (Phi) is 6.41. The summed E-state index contributed by atoms with van der Waals surface area (Å²) in [4.78, 5) is 7.76. The number of hydrogen-bond acceptors (Lipinski definition) is 6. The van der Waals surface area contributed by atoms with Crippen molar-refractivity contribution in [3.05, 3.63) is 47.5 Å². The van der Waals surface area contributed by atoms with Crippen LogP contribution in [0.25, 0.3) is 10.8 Å². The van der Waals surface area contributed by atoms with Crippen LogP contribution in [0.3, 0.4) is 0 Å². The van der Waals surface area contributed by atoms with Gasteiger partial charge in [0.25, 0.3) is 0 Å². The molecule has 0 heterocycles. The average Bonchev–Trinajstić information content (AvgIpc) is 2.92. The molecule has 1 aliphatic rings. The summed E-state index contributed by atoms with van der Waals surface area (Å²) in [5.74, 6) is 0. The van der Waals surface area contributed by atoms with Gasteiger partial charge < -0.3 is 25.3 Å². The van der Waals surface area contributed by atoms with Crippen molar-refractivity contribution in [2.45, 2.75) is 0 Å². The first kappa shape index (κ1) is 19.2. The van der Waals surface area contributed by atoms with E-state index in [4.69, 9.17) is 25.3 Å². The van der Waals surface area contributed by atoms with Crippen LogP contribution in [0.1, 0.15) is 11.1 Å². The zero-order valence-electron chi connectivity index (χ0n) is 13.4. The summed E-state index contributed by atoms with van der Waals surface area (Å²) in [6.45, 7) is 0. The van der Waals surface area contributed by atoms with Crippen LogP contribution in [-0.2, 0) is 41.7 Å². The third-order valence-electron chi connectivity index (χ3n) is 3.57. The number of rotatable bonds is 2. The zero-order chi connectivity index (χ0) is 17.1. The molecule has 0 bridgehead atoms. The summed E-state index contributed by atoms with van der Waals surface area (Å²) in [5, 5.41) is 11.6. The number of nitrogens with zero attached hydrogens (tertiary/aromatic N) is 4. The quantitative estimate of drug-likeness (QED) is 0.258. The fraction of sp³-hybridized carbons (Fsp3) is 0.125. The number of nitrogens with one attached hydrogen (secondary N) is 2. The summed E-state index contributed by atoms with van der Waals surface area (Å²) in [6, 6.07) is 12.1. The van der Waals surface area contributed by atoms with Gasteiger partial charge in [0, 0.05) is 30.6 Å². The van der Waals surface area contributed by atoms with Crippen LogP contribution in [0.5, 0.6) is 0 Å². The molecule has 0 radical (unpaired) electrons. The average molecular weight is 413 g/mol. The van der Waals surface area contributed by atoms with E-state index in [-0.39, 0.29) is 16.5 Å². The zero-order valence-corrected chi connectivity index (χ0v) is 16.0. The summed E-state index contributed by atoms with van der Waals surface area (Å²) < 4.78 is 0. The summed E-state index contributed by atoms with van der Waals surface area (Å²) >= 11 is 10.1. The van der Waals surface area contributed by atoms with E-state index in [2.05, 4.69) is 43.2 Å². The fourth-order valence-electron chi connectivity index (χ4n) is 2.52. The van der Waals surface area contributed by atoms with E-state index in [1.807, 2.05) is 24.3 Å². The van der Waals surface area contributed by atoms with Crippen molar-refractivity contribution in [2.24, 2.45) is 20.2 Å². The molecule has 2 N–H and O–H groups in total. The second-order valence-corrected chi connectivity index (χ2v) is 5.68. The monoisotopic (exact) mass is 412 g/mol. The van der Waals surface area contributed by atoms with Gasteiger partial charge in [0.15, 0.2) is 0 Å². The van der Waals surface area contributed by atoms with Gasteiger partial charge in [-0.05, 0) is 15.7 Å². The minimum atomic E-state index is 0. The number of amidine groups is 2. The van der Waals surface area contributed by atoms with Gasteiger partial charge in [0.2, 0.25) is 0 Å². The van der Waals surface area contributed by atoms with Gasteiger partial charge in [-0.15, -0.1) is 0 Å². The molecule has 2 aromatic carbocycles. The van der Waals surface area contributed by atoms with Crippen LogP contribution in [0.4, 0.5) is 0 Å². The van der Waals surface area contributed by atoms with E-state index in [1.54, 1.807) is 14.1 Å². The van der Waals surface area contributed by atoms with E-state index in [1.165, 1.54) is 0 Å². The molecule has 1 aliphatic carbocycles. The van der Waals surface area contributed by atoms with Gasteiger partial charge in [0.1, 0.15) is 11.4 Å². The van der Waals surface area contributed by atoms with Gasteiger partial charge in [0.05, 0.1) is 0 Å². The van der Waals surface area contributed by atoms with Crippen LogP contribution in [0.15, 0.2) is 56.6 Å². The third-order valence-corrected chi connectivity index (χ3v) is 4.12. The Morgan fingerprint density at radius 3 is 1.64 bits per heavy atom. The number of benzene rings is 2. The molecule has 130 valence electrons. The van der Waals surface area contributed by atoms with Gasteiger partial charge in [-0.25, -0.2) is 0 Å². The molecular formula is C16H14N6NiS2. The first-order valence-corrected chi connectivity index (χ1v) is 7.95. The molecule has 0 aromatic heterocycles. The van der Waals surface area contributed by atoms with Crippen LogP contribution < -0.4 is 10.9 Å². The molecular weight excluding hydrogens is 399 g/mol. The predicted octanol–water partition coefficient (Wildman–Crippen LogP) is 1.50. The third kappa shape index (κ3) is 3.79. The summed E-state index contributed by atoms with van der Waals surface area (Å²) in [5.41, 5.74) is 8.86. The van der Waals surface area contributed by atoms with Crippen molar-refractivity contribution >= 4 is 57.8 Å². The van der Waals surface area contributed by atoms with E-state index in [9.17, 15) is 0 Å². The Bertz CT molecular complexity index is 849. The SMILES string of the molecule is CN=C([S-])N/N=C1\C(=N\NC([S-])=NC)c2cccc3cccc1c23.[Ni+2]. The Morgan fingerprint density at radius 1 is 0.800 bits per heavy atom. The van der Waals surface area contributed by atoms with Crippen molar-refractivity contribution in [3.63, 3.8) is 0 Å². The van der Waals surface area contributed by atoms with E-state index >= 15 is 0 Å². The molecule has 25 heavy (non-hydrogen) atoms. The molecule has 0 atom stereocenters. The number of hydrogen-bond donors (Lipinski definition) is 2. The predicted molar refractivity (Wildman–Crippen MR) is 105 cm³/mol. The fourth-order valence-corrected chi connectivity index (χ4v) is 2.62. The minimum absolute atomic E-state index is 0. The van der Waals surface area contributed by atoms with Crippen molar-refractivity contribution in [1.29, 1.82) is 0 Å². The molecule has 0 saturated carbocycles. The molecule has 0 fully saturated rings. The molecule has 0 saturated heterocycles. The van der Waals surface area contributed by atoms with E-state index in [0.717, 1.165) is 21.9 Å². The first-order chi connectivity index (χ1) is 11.7. The van der Waals surface area contributed by atoms with Gasteiger partial charge in [-0.3, -0.25) is 20.8 Å². The summed E-state index contributed by atoms with van der Waals surface area (Å²) in [7, 11) is 3.22. The second-order valence-electron chi connectivity index (χ2n) is 4.91. The molecule has 3 rings (SSSR count). The summed E-state index contributed by atoms with van der Waals surface area (Å²) in [6.07, 6.45) is 0. The van der Waals surface area contributed by atoms with Crippen molar-refractivity contribution in [2.75, 3.05) is 14.1 Å². The number of hydrazone groups is 2. The molecule has 0 amide bonds. The Labute approximate surface area is 166 Å². The van der Waals surface area contributed by atoms with Crippen molar-refractivity contribution in [1.82, 2.24) is 10.9 Å². The molecule has 0 aliphatic heterocycles. The van der Waals surface area contributed by atoms with Gasteiger partial charge in [-0.2, -0.15) is 10.2 Å². The minimum Gasteiger partial charge on any atom is -0.741 e. The first-order valence-electron chi connectivity index (χ1n) is 7.13. The Morgan fingerprint density at radius 2 is 1.24 bits per heavy atom. The molecule has 9 heteroatoms. The molecule has 2 aromatic rings. The topological polar surface area (TPSA) is 73.5 Å². The van der Waals surface area contributed by atoms with Gasteiger partial charge in [-0.1, -0.05) is 36.4 Å². The van der Waals surface area contributed by atoms with Crippen LogP contribution >= 0.6 is 0 Å². The Hall–Kier alpha value is -2.09. The Balaban J connectivity index is 0.00000225. The molecule has 0 unspecified atom stereocenters. The van der Waals surface area contributed by atoms with E-state index in [0.29, 0.717) is 21.8 Å². The molecule has 6 nitrogen and oxygen atoms in total. The largest absolute Gasteiger partial charge is 2.00 e. The van der Waals surface area contributed by atoms with Crippen molar-refractivity contribution < 1.29 is 16.5 Å². The van der Waals surface area contributed by atoms with Crippen LogP contribution in [-0.4, -0.2) is 35.9 Å². The molecule has 0 spiro atoms. The smallest absolute Gasteiger partial charge is 0.741 e. The second kappa shape index (κ2) is 8.33.